The van der Waals surface area contributed by atoms with Gasteiger partial charge in [0.25, 0.3) is 0 Å². The van der Waals surface area contributed by atoms with Gasteiger partial charge in [-0.25, -0.2) is 14.8 Å². The van der Waals surface area contributed by atoms with Crippen molar-refractivity contribution in [1.29, 1.82) is 0 Å². The quantitative estimate of drug-likeness (QED) is 0.155. The first-order valence-electron chi connectivity index (χ1n) is 14.1. The van der Waals surface area contributed by atoms with E-state index in [1.54, 1.807) is 19.2 Å². The van der Waals surface area contributed by atoms with Crippen LogP contribution in [0, 0.1) is 5.41 Å². The number of para-hydroxylation sites is 2. The van der Waals surface area contributed by atoms with Gasteiger partial charge in [0.2, 0.25) is 0 Å². The number of urea groups is 1. The standard InChI is InChI=1S/C31H34Cl2N6O2S/c1-30(2,3)17-39(18-31(13-15-34-16-14-31)25-19(32)9-11-23(41-4)26(25)39)22-8-6-5-7-20(22)35-28(40)38-29-36-21-10-12-24(33)37-27(21)42-29/h5-12,34H,13-18H2,1-4H3,(H-,35,36,38,40)/p+1. The molecular weight excluding hydrogens is 591 g/mol. The molecule has 8 nitrogen and oxygen atoms in total. The highest BCUT2D eigenvalue weighted by Gasteiger charge is 2.59. The minimum atomic E-state index is -0.379. The molecule has 42 heavy (non-hydrogen) atoms. The van der Waals surface area contributed by atoms with E-state index in [1.807, 2.05) is 30.3 Å². The van der Waals surface area contributed by atoms with Gasteiger partial charge in [0.1, 0.15) is 21.2 Å². The first-order chi connectivity index (χ1) is 20.0. The predicted molar refractivity (Wildman–Crippen MR) is 174 cm³/mol. The molecule has 6 rings (SSSR count). The van der Waals surface area contributed by atoms with Gasteiger partial charge in [0.05, 0.1) is 30.6 Å². The molecule has 2 aromatic heterocycles. The minimum absolute atomic E-state index is 0.0618. The molecule has 2 aliphatic heterocycles. The summed E-state index contributed by atoms with van der Waals surface area (Å²) in [5.41, 5.74) is 4.48. The van der Waals surface area contributed by atoms with E-state index in [-0.39, 0.29) is 16.9 Å². The number of halogens is 2. The van der Waals surface area contributed by atoms with Crippen molar-refractivity contribution < 1.29 is 9.53 Å². The summed E-state index contributed by atoms with van der Waals surface area (Å²) in [6.07, 6.45) is 1.95. The Balaban J connectivity index is 1.45. The lowest BCUT2D eigenvalue weighted by Crippen LogP contribution is -2.53. The molecule has 0 radical (unpaired) electrons. The van der Waals surface area contributed by atoms with Crippen LogP contribution in [-0.2, 0) is 5.41 Å². The Bertz CT molecular complexity index is 1660. The van der Waals surface area contributed by atoms with Gasteiger partial charge in [-0.3, -0.25) is 9.80 Å². The predicted octanol–water partition coefficient (Wildman–Crippen LogP) is 7.97. The number of piperidine rings is 1. The molecule has 0 saturated carbocycles. The van der Waals surface area contributed by atoms with Crippen molar-refractivity contribution in [2.45, 2.75) is 39.0 Å². The number of carbonyl (C=O) groups excluding carboxylic acids is 1. The van der Waals surface area contributed by atoms with Crippen LogP contribution < -0.4 is 25.2 Å². The summed E-state index contributed by atoms with van der Waals surface area (Å²) in [7, 11) is 1.72. The highest BCUT2D eigenvalue weighted by atomic mass is 35.5. The molecular formula is C31H35Cl2N6O2S+. The number of amides is 2. The molecule has 0 bridgehead atoms. The highest BCUT2D eigenvalue weighted by molar-refractivity contribution is 7.22. The Kier molecular flexibility index (Phi) is 7.60. The van der Waals surface area contributed by atoms with E-state index in [2.05, 4.69) is 52.8 Å². The van der Waals surface area contributed by atoms with E-state index in [9.17, 15) is 4.79 Å². The van der Waals surface area contributed by atoms with Crippen LogP contribution in [-0.4, -0.2) is 49.3 Å². The number of nitrogens with one attached hydrogen (secondary N) is 3. The number of hydrogen-bond donors (Lipinski definition) is 3. The Morgan fingerprint density at radius 1 is 1.07 bits per heavy atom. The van der Waals surface area contributed by atoms with E-state index < -0.39 is 0 Å². The number of thiazole rings is 1. The number of carbonyl (C=O) groups is 1. The Hall–Kier alpha value is -2.95. The monoisotopic (exact) mass is 625 g/mol. The molecule has 220 valence electrons. The number of quaternary nitrogens is 1. The largest absolute Gasteiger partial charge is 0.491 e. The first kappa shape index (κ1) is 29.1. The Morgan fingerprint density at radius 3 is 2.57 bits per heavy atom. The van der Waals surface area contributed by atoms with Crippen LogP contribution in [0.3, 0.4) is 0 Å². The van der Waals surface area contributed by atoms with Gasteiger partial charge in [-0.1, -0.05) is 67.4 Å². The van der Waals surface area contributed by atoms with Crippen LogP contribution in [0.4, 0.5) is 27.0 Å². The molecule has 1 fully saturated rings. The van der Waals surface area contributed by atoms with Gasteiger partial charge in [-0.05, 0) is 56.3 Å². The molecule has 1 unspecified atom stereocenters. The van der Waals surface area contributed by atoms with E-state index in [0.29, 0.717) is 25.1 Å². The third-order valence-corrected chi connectivity index (χ3v) is 9.61. The van der Waals surface area contributed by atoms with Gasteiger partial charge in [-0.15, -0.1) is 0 Å². The van der Waals surface area contributed by atoms with E-state index in [0.717, 1.165) is 66.9 Å². The van der Waals surface area contributed by atoms with E-state index in [4.69, 9.17) is 27.9 Å². The normalized spacial score (nSPS) is 19.6. The summed E-state index contributed by atoms with van der Waals surface area (Å²) in [5.74, 6) is 0.814. The second-order valence-corrected chi connectivity index (χ2v) is 14.2. The van der Waals surface area contributed by atoms with Crippen molar-refractivity contribution in [1.82, 2.24) is 19.8 Å². The number of pyridine rings is 1. The summed E-state index contributed by atoms with van der Waals surface area (Å²) in [6.45, 7) is 10.2. The van der Waals surface area contributed by atoms with E-state index in [1.165, 1.54) is 16.9 Å². The van der Waals surface area contributed by atoms with Gasteiger partial charge < -0.3 is 15.4 Å². The number of fused-ring (bicyclic) bond motifs is 3. The molecule has 1 spiro atoms. The van der Waals surface area contributed by atoms with Crippen LogP contribution in [0.1, 0.15) is 39.2 Å². The molecule has 1 atom stereocenters. The summed E-state index contributed by atoms with van der Waals surface area (Å²) in [6, 6.07) is 15.1. The third kappa shape index (κ3) is 5.22. The SMILES string of the molecule is COc1ccc(Cl)c2c1[N+](CC(C)(C)C)(c1ccccc1NC(=O)Nc1nc3ccc(Cl)nc3s1)CC21CCNCC1. The van der Waals surface area contributed by atoms with Gasteiger partial charge in [0, 0.05) is 17.0 Å². The van der Waals surface area contributed by atoms with E-state index >= 15 is 0 Å². The molecule has 2 aromatic carbocycles. The molecule has 2 amide bonds. The zero-order chi connectivity index (χ0) is 29.7. The Labute approximate surface area is 260 Å². The molecule has 0 aliphatic carbocycles. The molecule has 4 heterocycles. The average Bonchev–Trinajstić information content (AvgIpc) is 3.45. The molecule has 1 saturated heterocycles. The van der Waals surface area contributed by atoms with Crippen molar-refractivity contribution in [3.05, 3.63) is 64.3 Å². The second-order valence-electron chi connectivity index (χ2n) is 12.4. The number of methoxy groups -OCH3 is 1. The lowest BCUT2D eigenvalue weighted by atomic mass is 9.74. The fourth-order valence-electron chi connectivity index (χ4n) is 6.92. The molecule has 11 heteroatoms. The summed E-state index contributed by atoms with van der Waals surface area (Å²) >= 11 is 14.4. The smallest absolute Gasteiger partial charge is 0.325 e. The van der Waals surface area contributed by atoms with Gasteiger partial charge >= 0.3 is 6.03 Å². The Morgan fingerprint density at radius 2 is 1.83 bits per heavy atom. The molecule has 4 aromatic rings. The maximum absolute atomic E-state index is 13.4. The highest BCUT2D eigenvalue weighted by Crippen LogP contribution is 2.61. The third-order valence-electron chi connectivity index (χ3n) is 8.20. The zero-order valence-electron chi connectivity index (χ0n) is 24.2. The topological polar surface area (TPSA) is 88.2 Å². The van der Waals surface area contributed by atoms with Crippen LogP contribution in [0.5, 0.6) is 5.75 Å². The molecule has 2 aliphatic rings. The maximum atomic E-state index is 13.4. The summed E-state index contributed by atoms with van der Waals surface area (Å²) < 4.78 is 6.58. The first-order valence-corrected chi connectivity index (χ1v) is 15.7. The lowest BCUT2D eigenvalue weighted by Gasteiger charge is -2.42. The number of benzene rings is 2. The zero-order valence-corrected chi connectivity index (χ0v) is 26.5. The minimum Gasteiger partial charge on any atom is -0.491 e. The number of hydrogen-bond acceptors (Lipinski definition) is 6. The number of ether oxygens (including phenoxy) is 1. The fourth-order valence-corrected chi connectivity index (χ4v) is 8.30. The summed E-state index contributed by atoms with van der Waals surface area (Å²) in [5, 5.41) is 11.2. The number of nitrogens with zero attached hydrogens (tertiary/aromatic N) is 3. The van der Waals surface area contributed by atoms with Crippen LogP contribution in [0.25, 0.3) is 10.3 Å². The number of anilines is 2. The fraction of sp³-hybridized carbons (Fsp3) is 0.387. The van der Waals surface area contributed by atoms with Crippen LogP contribution in [0.15, 0.2) is 48.5 Å². The number of rotatable bonds is 5. The van der Waals surface area contributed by atoms with Crippen LogP contribution >= 0.6 is 34.5 Å². The molecule has 3 N–H and O–H groups in total. The maximum Gasteiger partial charge on any atom is 0.325 e. The summed E-state index contributed by atoms with van der Waals surface area (Å²) in [4.78, 5) is 22.9. The van der Waals surface area contributed by atoms with Crippen molar-refractivity contribution in [2.75, 3.05) is 43.9 Å². The average molecular weight is 627 g/mol. The second kappa shape index (κ2) is 11.0. The van der Waals surface area contributed by atoms with Crippen molar-refractivity contribution in [3.63, 3.8) is 0 Å². The van der Waals surface area contributed by atoms with Crippen molar-refractivity contribution in [3.8, 4) is 5.75 Å². The number of aromatic nitrogens is 2. The van der Waals surface area contributed by atoms with Crippen molar-refractivity contribution in [2.24, 2.45) is 5.41 Å². The lowest BCUT2D eigenvalue weighted by molar-refractivity contribution is 0.212. The van der Waals surface area contributed by atoms with Gasteiger partial charge in [-0.2, -0.15) is 0 Å². The van der Waals surface area contributed by atoms with Gasteiger partial charge in [0.15, 0.2) is 22.3 Å². The van der Waals surface area contributed by atoms with Crippen molar-refractivity contribution >= 4 is 73.1 Å². The van der Waals surface area contributed by atoms with Crippen LogP contribution in [0.2, 0.25) is 10.2 Å².